The summed E-state index contributed by atoms with van der Waals surface area (Å²) in [6.45, 7) is 1.93. The van der Waals surface area contributed by atoms with Gasteiger partial charge in [-0.05, 0) is 36.8 Å². The van der Waals surface area contributed by atoms with Crippen LogP contribution in [0.25, 0.3) is 0 Å². The fourth-order valence-corrected chi connectivity index (χ4v) is 4.46. The molecule has 0 saturated carbocycles. The molecule has 4 nitrogen and oxygen atoms in total. The summed E-state index contributed by atoms with van der Waals surface area (Å²) in [5, 5.41) is 2.67. The topological polar surface area (TPSA) is 55.4 Å². The number of hydrogen-bond donors (Lipinski definition) is 1. The number of hydrogen-bond acceptors (Lipinski definition) is 4. The van der Waals surface area contributed by atoms with E-state index in [1.165, 1.54) is 7.11 Å². The molecule has 26 heavy (non-hydrogen) atoms. The number of benzene rings is 2. The quantitative estimate of drug-likeness (QED) is 0.828. The monoisotopic (exact) mass is 377 g/mol. The molecule has 7 heteroatoms. The van der Waals surface area contributed by atoms with E-state index in [1.54, 1.807) is 0 Å². The Kier molecular flexibility index (Phi) is 5.00. The highest BCUT2D eigenvalue weighted by atomic mass is 32.2. The van der Waals surface area contributed by atoms with Crippen LogP contribution >= 0.6 is 11.8 Å². The molecule has 1 aliphatic heterocycles. The van der Waals surface area contributed by atoms with Gasteiger partial charge in [0.05, 0.1) is 19.6 Å². The standard InChI is InChI=1S/C19H17F2NO3S/c1-11-3-5-15(6-4-11)26-19(18(24)25-2)10-16(23)22-17(19)12-7-13(20)9-14(21)8-12/h3-9,17H,10H2,1-2H3,(H,22,23). The third-order valence-corrected chi connectivity index (χ3v) is 5.68. The van der Waals surface area contributed by atoms with Crippen LogP contribution in [0, 0.1) is 18.6 Å². The van der Waals surface area contributed by atoms with Crippen molar-refractivity contribution in [2.75, 3.05) is 7.11 Å². The van der Waals surface area contributed by atoms with E-state index < -0.39 is 28.4 Å². The Morgan fingerprint density at radius 3 is 2.38 bits per heavy atom. The smallest absolute Gasteiger partial charge is 0.325 e. The van der Waals surface area contributed by atoms with Crippen molar-refractivity contribution >= 4 is 23.6 Å². The molecule has 0 radical (unpaired) electrons. The van der Waals surface area contributed by atoms with Crippen molar-refractivity contribution in [3.63, 3.8) is 0 Å². The number of methoxy groups -OCH3 is 1. The Hall–Kier alpha value is -2.41. The summed E-state index contributed by atoms with van der Waals surface area (Å²) in [7, 11) is 1.23. The number of aryl methyl sites for hydroxylation is 1. The number of halogens is 2. The van der Waals surface area contributed by atoms with Crippen LogP contribution in [0.2, 0.25) is 0 Å². The molecular formula is C19H17F2NO3S. The molecule has 0 spiro atoms. The van der Waals surface area contributed by atoms with Gasteiger partial charge < -0.3 is 10.1 Å². The lowest BCUT2D eigenvalue weighted by atomic mass is 9.93. The van der Waals surface area contributed by atoms with Gasteiger partial charge in [0.1, 0.15) is 11.6 Å². The molecule has 136 valence electrons. The Balaban J connectivity index is 2.09. The molecule has 1 amide bonds. The normalized spacial score (nSPS) is 22.2. The molecule has 1 fully saturated rings. The maximum absolute atomic E-state index is 13.7. The number of esters is 1. The first-order chi connectivity index (χ1) is 12.3. The maximum atomic E-state index is 13.7. The Bertz CT molecular complexity index is 836. The van der Waals surface area contributed by atoms with Gasteiger partial charge in [0.25, 0.3) is 0 Å². The van der Waals surface area contributed by atoms with Crippen molar-refractivity contribution < 1.29 is 23.1 Å². The number of thioether (sulfide) groups is 1. The zero-order valence-corrected chi connectivity index (χ0v) is 15.0. The number of nitrogens with one attached hydrogen (secondary N) is 1. The summed E-state index contributed by atoms with van der Waals surface area (Å²) < 4.78 is 31.0. The van der Waals surface area contributed by atoms with Crippen LogP contribution in [-0.4, -0.2) is 23.7 Å². The van der Waals surface area contributed by atoms with Gasteiger partial charge in [0.15, 0.2) is 4.75 Å². The molecule has 1 N–H and O–H groups in total. The number of ether oxygens (including phenoxy) is 1. The van der Waals surface area contributed by atoms with Gasteiger partial charge in [-0.2, -0.15) is 0 Å². The molecule has 1 aliphatic rings. The zero-order valence-electron chi connectivity index (χ0n) is 14.2. The van der Waals surface area contributed by atoms with Crippen molar-refractivity contribution in [1.29, 1.82) is 0 Å². The van der Waals surface area contributed by atoms with Crippen LogP contribution in [0.3, 0.4) is 0 Å². The van der Waals surface area contributed by atoms with Crippen LogP contribution in [0.1, 0.15) is 23.6 Å². The number of amides is 1. The van der Waals surface area contributed by atoms with Gasteiger partial charge in [-0.1, -0.05) is 17.7 Å². The molecule has 0 aromatic heterocycles. The van der Waals surface area contributed by atoms with Gasteiger partial charge in [-0.25, -0.2) is 8.78 Å². The van der Waals surface area contributed by atoms with Crippen LogP contribution < -0.4 is 5.32 Å². The number of carbonyl (C=O) groups excluding carboxylic acids is 2. The average molecular weight is 377 g/mol. The van der Waals surface area contributed by atoms with E-state index in [1.807, 2.05) is 31.2 Å². The van der Waals surface area contributed by atoms with E-state index in [-0.39, 0.29) is 17.9 Å². The first-order valence-corrected chi connectivity index (χ1v) is 8.75. The number of rotatable bonds is 4. The van der Waals surface area contributed by atoms with Crippen molar-refractivity contribution in [2.24, 2.45) is 0 Å². The van der Waals surface area contributed by atoms with Gasteiger partial charge in [0, 0.05) is 11.0 Å². The van der Waals surface area contributed by atoms with Crippen LogP contribution in [-0.2, 0) is 14.3 Å². The Labute approximate surface area is 153 Å². The van der Waals surface area contributed by atoms with Gasteiger partial charge in [-0.3, -0.25) is 9.59 Å². The van der Waals surface area contributed by atoms with E-state index in [9.17, 15) is 18.4 Å². The molecule has 3 rings (SSSR count). The lowest BCUT2D eigenvalue weighted by Gasteiger charge is -2.31. The van der Waals surface area contributed by atoms with E-state index in [0.717, 1.165) is 40.4 Å². The first-order valence-electron chi connectivity index (χ1n) is 7.93. The summed E-state index contributed by atoms with van der Waals surface area (Å²) in [4.78, 5) is 25.6. The largest absolute Gasteiger partial charge is 0.468 e. The summed E-state index contributed by atoms with van der Waals surface area (Å²) in [5.41, 5.74) is 1.23. The molecule has 2 atom stereocenters. The molecule has 2 aromatic rings. The predicted octanol–water partition coefficient (Wildman–Crippen LogP) is 3.54. The second-order valence-electron chi connectivity index (χ2n) is 6.18. The molecular weight excluding hydrogens is 360 g/mol. The minimum absolute atomic E-state index is 0.152. The second-order valence-corrected chi connectivity index (χ2v) is 7.58. The fraction of sp³-hybridized carbons (Fsp3) is 0.263. The molecule has 2 aromatic carbocycles. The highest BCUT2D eigenvalue weighted by Gasteiger charge is 2.55. The van der Waals surface area contributed by atoms with Crippen LogP contribution in [0.15, 0.2) is 47.4 Å². The van der Waals surface area contributed by atoms with Crippen LogP contribution in [0.5, 0.6) is 0 Å². The summed E-state index contributed by atoms with van der Waals surface area (Å²) >= 11 is 1.16. The summed E-state index contributed by atoms with van der Waals surface area (Å²) in [6, 6.07) is 9.49. The molecule has 0 aliphatic carbocycles. The fourth-order valence-electron chi connectivity index (χ4n) is 3.08. The van der Waals surface area contributed by atoms with Crippen molar-refractivity contribution in [3.05, 3.63) is 65.2 Å². The van der Waals surface area contributed by atoms with Gasteiger partial charge in [-0.15, -0.1) is 11.8 Å². The highest BCUT2D eigenvalue weighted by Crippen LogP contribution is 2.49. The first kappa shape index (κ1) is 18.4. The average Bonchev–Trinajstić information content (AvgIpc) is 2.93. The van der Waals surface area contributed by atoms with E-state index in [0.29, 0.717) is 0 Å². The van der Waals surface area contributed by atoms with Crippen molar-refractivity contribution in [3.8, 4) is 0 Å². The SMILES string of the molecule is COC(=O)C1(Sc2ccc(C)cc2)CC(=O)NC1c1cc(F)cc(F)c1. The second kappa shape index (κ2) is 7.07. The molecule has 1 saturated heterocycles. The Morgan fingerprint density at radius 1 is 1.19 bits per heavy atom. The van der Waals surface area contributed by atoms with Crippen LogP contribution in [0.4, 0.5) is 8.78 Å². The third-order valence-electron chi connectivity index (χ3n) is 4.26. The van der Waals surface area contributed by atoms with E-state index in [4.69, 9.17) is 4.74 Å². The minimum atomic E-state index is -1.36. The van der Waals surface area contributed by atoms with Crippen molar-refractivity contribution in [1.82, 2.24) is 5.32 Å². The van der Waals surface area contributed by atoms with E-state index in [2.05, 4.69) is 5.32 Å². The Morgan fingerprint density at radius 2 is 1.81 bits per heavy atom. The minimum Gasteiger partial charge on any atom is -0.468 e. The van der Waals surface area contributed by atoms with Gasteiger partial charge >= 0.3 is 5.97 Å². The number of carbonyl (C=O) groups is 2. The van der Waals surface area contributed by atoms with E-state index >= 15 is 0 Å². The highest BCUT2D eigenvalue weighted by molar-refractivity contribution is 8.01. The lowest BCUT2D eigenvalue weighted by molar-refractivity contribution is -0.144. The molecule has 0 bridgehead atoms. The third kappa shape index (κ3) is 3.44. The summed E-state index contributed by atoms with van der Waals surface area (Å²) in [6.07, 6.45) is -0.152. The van der Waals surface area contributed by atoms with Gasteiger partial charge in [0.2, 0.25) is 5.91 Å². The molecule has 2 unspecified atom stereocenters. The van der Waals surface area contributed by atoms with Crippen molar-refractivity contribution in [2.45, 2.75) is 29.0 Å². The zero-order chi connectivity index (χ0) is 18.9. The molecule has 1 heterocycles. The predicted molar refractivity (Wildman–Crippen MR) is 93.6 cm³/mol. The maximum Gasteiger partial charge on any atom is 0.325 e. The summed E-state index contributed by atoms with van der Waals surface area (Å²) in [5.74, 6) is -2.57. The lowest BCUT2D eigenvalue weighted by Crippen LogP contribution is -2.41.